The Labute approximate surface area is 120 Å². The van der Waals surface area contributed by atoms with Gasteiger partial charge in [-0.25, -0.2) is 13.6 Å². The molecule has 0 atom stereocenters. The number of carbonyl (C=O) groups is 1. The van der Waals surface area contributed by atoms with Gasteiger partial charge in [0, 0.05) is 12.1 Å². The second kappa shape index (κ2) is 6.17. The molecule has 0 aliphatic carbocycles. The number of carboxylic acids is 1. The van der Waals surface area contributed by atoms with Crippen LogP contribution in [-0.4, -0.2) is 11.1 Å². The largest absolute Gasteiger partial charge is 0.478 e. The van der Waals surface area contributed by atoms with Crippen LogP contribution in [0, 0.1) is 18.6 Å². The topological polar surface area (TPSA) is 46.5 Å². The average molecular weight is 290 g/mol. The highest BCUT2D eigenvalue weighted by atomic mass is 19.1. The van der Waals surface area contributed by atoms with Gasteiger partial charge in [-0.15, -0.1) is 0 Å². The maximum absolute atomic E-state index is 13.5. The summed E-state index contributed by atoms with van der Waals surface area (Å²) < 4.78 is 31.8. The Morgan fingerprint density at radius 3 is 2.62 bits per heavy atom. The first-order chi connectivity index (χ1) is 9.95. The lowest BCUT2D eigenvalue weighted by atomic mass is 10.1. The van der Waals surface area contributed by atoms with E-state index in [1.165, 1.54) is 6.08 Å². The standard InChI is InChI=1S/C16H12F2O3/c1-10-8-13(5-2-11(10)3-7-16(19)20)21-15-9-12(17)4-6-14(15)18/h2-9H,1H3,(H,19,20). The fraction of sp³-hybridized carbons (Fsp3) is 0.0625. The summed E-state index contributed by atoms with van der Waals surface area (Å²) in [5.41, 5.74) is 1.45. The normalized spacial score (nSPS) is 10.8. The SMILES string of the molecule is Cc1cc(Oc2cc(F)ccc2F)ccc1C=CC(=O)O. The van der Waals surface area contributed by atoms with E-state index >= 15 is 0 Å². The number of ether oxygens (including phenoxy) is 1. The Balaban J connectivity index is 2.24. The van der Waals surface area contributed by atoms with Gasteiger partial charge in [0.2, 0.25) is 0 Å². The Kier molecular flexibility index (Phi) is 4.33. The number of aryl methyl sites for hydroxylation is 1. The van der Waals surface area contributed by atoms with Crippen LogP contribution in [0.4, 0.5) is 8.78 Å². The Morgan fingerprint density at radius 1 is 1.19 bits per heavy atom. The smallest absolute Gasteiger partial charge is 0.328 e. The fourth-order valence-electron chi connectivity index (χ4n) is 1.74. The molecule has 0 saturated carbocycles. The second-order valence-corrected chi connectivity index (χ2v) is 4.37. The minimum absolute atomic E-state index is 0.205. The molecule has 0 aliphatic rings. The monoisotopic (exact) mass is 290 g/mol. The number of rotatable bonds is 4. The van der Waals surface area contributed by atoms with E-state index in [-0.39, 0.29) is 5.75 Å². The number of hydrogen-bond acceptors (Lipinski definition) is 2. The van der Waals surface area contributed by atoms with Gasteiger partial charge in [0.1, 0.15) is 11.6 Å². The molecule has 21 heavy (non-hydrogen) atoms. The van der Waals surface area contributed by atoms with Crippen LogP contribution < -0.4 is 4.74 Å². The van der Waals surface area contributed by atoms with Crippen molar-refractivity contribution < 1.29 is 23.4 Å². The summed E-state index contributed by atoms with van der Waals surface area (Å²) in [6.07, 6.45) is 2.47. The van der Waals surface area contributed by atoms with Crippen molar-refractivity contribution in [3.8, 4) is 11.5 Å². The molecule has 108 valence electrons. The lowest BCUT2D eigenvalue weighted by molar-refractivity contribution is -0.131. The molecule has 1 N–H and O–H groups in total. The zero-order chi connectivity index (χ0) is 15.4. The third kappa shape index (κ3) is 3.89. The summed E-state index contributed by atoms with van der Waals surface area (Å²) in [4.78, 5) is 10.5. The maximum Gasteiger partial charge on any atom is 0.328 e. The Bertz CT molecular complexity index is 709. The highest BCUT2D eigenvalue weighted by Gasteiger charge is 2.07. The molecular weight excluding hydrogens is 278 g/mol. The van der Waals surface area contributed by atoms with Crippen molar-refractivity contribution >= 4 is 12.0 Å². The molecule has 0 unspecified atom stereocenters. The molecule has 2 aromatic rings. The Hall–Kier alpha value is -2.69. The highest BCUT2D eigenvalue weighted by molar-refractivity contribution is 5.85. The summed E-state index contributed by atoms with van der Waals surface area (Å²) in [7, 11) is 0. The molecule has 0 fully saturated rings. The lowest BCUT2D eigenvalue weighted by Crippen LogP contribution is -1.91. The summed E-state index contributed by atoms with van der Waals surface area (Å²) in [6.45, 7) is 1.76. The molecule has 0 heterocycles. The molecule has 0 spiro atoms. The summed E-state index contributed by atoms with van der Waals surface area (Å²) in [5.74, 6) is -2.17. The lowest BCUT2D eigenvalue weighted by Gasteiger charge is -2.09. The van der Waals surface area contributed by atoms with Gasteiger partial charge < -0.3 is 9.84 Å². The van der Waals surface area contributed by atoms with Crippen LogP contribution in [0.25, 0.3) is 6.08 Å². The van der Waals surface area contributed by atoms with E-state index in [2.05, 4.69) is 0 Å². The zero-order valence-corrected chi connectivity index (χ0v) is 11.1. The van der Waals surface area contributed by atoms with Gasteiger partial charge in [-0.2, -0.15) is 0 Å². The van der Waals surface area contributed by atoms with Gasteiger partial charge in [0.05, 0.1) is 0 Å². The van der Waals surface area contributed by atoms with Gasteiger partial charge >= 0.3 is 5.97 Å². The first-order valence-electron chi connectivity index (χ1n) is 6.10. The third-order valence-electron chi connectivity index (χ3n) is 2.77. The van der Waals surface area contributed by atoms with Crippen LogP contribution >= 0.6 is 0 Å². The summed E-state index contributed by atoms with van der Waals surface area (Å²) >= 11 is 0. The first-order valence-corrected chi connectivity index (χ1v) is 6.10. The Morgan fingerprint density at radius 2 is 1.95 bits per heavy atom. The number of benzene rings is 2. The third-order valence-corrected chi connectivity index (χ3v) is 2.77. The molecule has 0 bridgehead atoms. The van der Waals surface area contributed by atoms with Crippen molar-refractivity contribution in [1.29, 1.82) is 0 Å². The molecule has 5 heteroatoms. The van der Waals surface area contributed by atoms with Crippen molar-refractivity contribution in [3.05, 3.63) is 65.2 Å². The minimum Gasteiger partial charge on any atom is -0.478 e. The molecule has 2 rings (SSSR count). The van der Waals surface area contributed by atoms with Crippen LogP contribution in [0.5, 0.6) is 11.5 Å². The van der Waals surface area contributed by atoms with Gasteiger partial charge in [0.25, 0.3) is 0 Å². The number of hydrogen-bond donors (Lipinski definition) is 1. The average Bonchev–Trinajstić information content (AvgIpc) is 2.42. The molecule has 0 saturated heterocycles. The number of halogens is 2. The van der Waals surface area contributed by atoms with Gasteiger partial charge in [-0.3, -0.25) is 0 Å². The van der Waals surface area contributed by atoms with E-state index in [0.717, 1.165) is 29.8 Å². The summed E-state index contributed by atoms with van der Waals surface area (Å²) in [6, 6.07) is 7.77. The molecule has 0 aromatic heterocycles. The van der Waals surface area contributed by atoms with E-state index in [0.29, 0.717) is 11.3 Å². The zero-order valence-electron chi connectivity index (χ0n) is 11.1. The van der Waals surface area contributed by atoms with Crippen LogP contribution in [-0.2, 0) is 4.79 Å². The van der Waals surface area contributed by atoms with E-state index < -0.39 is 17.6 Å². The molecule has 0 amide bonds. The van der Waals surface area contributed by atoms with Crippen molar-refractivity contribution in [2.45, 2.75) is 6.92 Å². The predicted molar refractivity (Wildman–Crippen MR) is 74.3 cm³/mol. The van der Waals surface area contributed by atoms with Crippen molar-refractivity contribution in [3.63, 3.8) is 0 Å². The predicted octanol–water partition coefficient (Wildman–Crippen LogP) is 4.16. The maximum atomic E-state index is 13.5. The number of carboxylic acid groups (broad SMARTS) is 1. The van der Waals surface area contributed by atoms with Crippen molar-refractivity contribution in [2.75, 3.05) is 0 Å². The van der Waals surface area contributed by atoms with Gasteiger partial charge in [-0.05, 0) is 48.4 Å². The summed E-state index contributed by atoms with van der Waals surface area (Å²) in [5, 5.41) is 8.58. The van der Waals surface area contributed by atoms with Crippen molar-refractivity contribution in [2.24, 2.45) is 0 Å². The molecule has 0 aliphatic heterocycles. The van der Waals surface area contributed by atoms with Crippen LogP contribution in [0.15, 0.2) is 42.5 Å². The quantitative estimate of drug-likeness (QED) is 0.860. The van der Waals surface area contributed by atoms with E-state index in [4.69, 9.17) is 9.84 Å². The van der Waals surface area contributed by atoms with Crippen LogP contribution in [0.2, 0.25) is 0 Å². The molecule has 3 nitrogen and oxygen atoms in total. The fourth-order valence-corrected chi connectivity index (χ4v) is 1.74. The van der Waals surface area contributed by atoms with Crippen LogP contribution in [0.3, 0.4) is 0 Å². The van der Waals surface area contributed by atoms with Gasteiger partial charge in [0.15, 0.2) is 11.6 Å². The second-order valence-electron chi connectivity index (χ2n) is 4.37. The highest BCUT2D eigenvalue weighted by Crippen LogP contribution is 2.27. The molecule has 0 radical (unpaired) electrons. The van der Waals surface area contributed by atoms with E-state index in [9.17, 15) is 13.6 Å². The minimum atomic E-state index is -1.04. The van der Waals surface area contributed by atoms with Gasteiger partial charge in [-0.1, -0.05) is 6.07 Å². The molecular formula is C16H12F2O3. The number of aliphatic carboxylic acids is 1. The van der Waals surface area contributed by atoms with Crippen LogP contribution in [0.1, 0.15) is 11.1 Å². The van der Waals surface area contributed by atoms with Crippen molar-refractivity contribution in [1.82, 2.24) is 0 Å². The van der Waals surface area contributed by atoms with E-state index in [1.807, 2.05) is 0 Å². The van der Waals surface area contributed by atoms with E-state index in [1.54, 1.807) is 25.1 Å². The first kappa shape index (κ1) is 14.7. The molecule has 2 aromatic carbocycles.